The Labute approximate surface area is 158 Å². The smallest absolute Gasteiger partial charge is 0.233 e. The Morgan fingerprint density at radius 2 is 2.23 bits per heavy atom. The number of nitrogens with zero attached hydrogens (tertiary/aromatic N) is 5. The first-order valence-corrected chi connectivity index (χ1v) is 9.98. The fourth-order valence-electron chi connectivity index (χ4n) is 3.35. The van der Waals surface area contributed by atoms with Crippen molar-refractivity contribution in [2.75, 3.05) is 19.4 Å². The van der Waals surface area contributed by atoms with Crippen LogP contribution in [0.4, 0.5) is 0 Å². The highest BCUT2D eigenvalue weighted by Gasteiger charge is 2.26. The van der Waals surface area contributed by atoms with Gasteiger partial charge in [-0.25, -0.2) is 0 Å². The predicted octanol–water partition coefficient (Wildman–Crippen LogP) is 2.86. The summed E-state index contributed by atoms with van der Waals surface area (Å²) in [6.45, 7) is 5.01. The van der Waals surface area contributed by atoms with Gasteiger partial charge >= 0.3 is 0 Å². The molecule has 0 N–H and O–H groups in total. The monoisotopic (exact) mass is 375 g/mol. The Balaban J connectivity index is 1.74. The molecule has 0 radical (unpaired) electrons. The van der Waals surface area contributed by atoms with E-state index < -0.39 is 0 Å². The van der Waals surface area contributed by atoms with Crippen LogP contribution in [0.5, 0.6) is 5.75 Å². The van der Waals surface area contributed by atoms with Crippen molar-refractivity contribution < 1.29 is 9.53 Å². The third-order valence-electron chi connectivity index (χ3n) is 4.75. The quantitative estimate of drug-likeness (QED) is 0.723. The van der Waals surface area contributed by atoms with Gasteiger partial charge in [-0.3, -0.25) is 4.79 Å². The predicted molar refractivity (Wildman–Crippen MR) is 101 cm³/mol. The number of piperidine rings is 1. The van der Waals surface area contributed by atoms with Crippen LogP contribution in [0.25, 0.3) is 5.69 Å². The molecule has 0 saturated carbocycles. The number of methoxy groups -OCH3 is 1. The summed E-state index contributed by atoms with van der Waals surface area (Å²) >= 11 is 1.37. The molecule has 1 fully saturated rings. The minimum atomic E-state index is 0.160. The van der Waals surface area contributed by atoms with Gasteiger partial charge in [0, 0.05) is 12.6 Å². The van der Waals surface area contributed by atoms with Gasteiger partial charge in [0.2, 0.25) is 11.1 Å². The maximum atomic E-state index is 12.7. The summed E-state index contributed by atoms with van der Waals surface area (Å²) in [7, 11) is 1.62. The van der Waals surface area contributed by atoms with E-state index in [1.54, 1.807) is 11.8 Å². The van der Waals surface area contributed by atoms with E-state index >= 15 is 0 Å². The van der Waals surface area contributed by atoms with Crippen molar-refractivity contribution in [2.24, 2.45) is 0 Å². The second kappa shape index (κ2) is 8.53. The number of aromatic nitrogens is 4. The van der Waals surface area contributed by atoms with Crippen molar-refractivity contribution >= 4 is 17.7 Å². The van der Waals surface area contributed by atoms with Gasteiger partial charge in [0.15, 0.2) is 0 Å². The molecule has 0 aliphatic carbocycles. The molecule has 1 saturated heterocycles. The van der Waals surface area contributed by atoms with E-state index in [0.29, 0.717) is 22.7 Å². The third kappa shape index (κ3) is 4.00. The van der Waals surface area contributed by atoms with Crippen LogP contribution >= 0.6 is 11.8 Å². The summed E-state index contributed by atoms with van der Waals surface area (Å²) in [5, 5.41) is 12.6. The summed E-state index contributed by atoms with van der Waals surface area (Å²) in [6, 6.07) is 6.21. The Morgan fingerprint density at radius 3 is 3.00 bits per heavy atom. The number of rotatable bonds is 6. The van der Waals surface area contributed by atoms with E-state index in [0.717, 1.165) is 37.1 Å². The van der Waals surface area contributed by atoms with Gasteiger partial charge in [-0.1, -0.05) is 24.8 Å². The number of likely N-dealkylation sites (tertiary alicyclic amines) is 1. The van der Waals surface area contributed by atoms with Crippen molar-refractivity contribution in [3.8, 4) is 11.4 Å². The Morgan fingerprint density at radius 1 is 1.38 bits per heavy atom. The standard InChI is InChI=1S/C18H25N5O2S/c1-4-14-7-5-6-10-22(14)17(24)12-26-18-19-20-21-23(18)15-11-13(2)8-9-16(15)25-3/h8-9,11,14H,4-7,10,12H2,1-3H3/t14-/m1/s1. The molecule has 1 aliphatic rings. The molecule has 1 atom stereocenters. The van der Waals surface area contributed by atoms with Crippen LogP contribution in [0.15, 0.2) is 23.4 Å². The average Bonchev–Trinajstić information content (AvgIpc) is 3.14. The van der Waals surface area contributed by atoms with Crippen molar-refractivity contribution in [1.29, 1.82) is 0 Å². The van der Waals surface area contributed by atoms with E-state index in [2.05, 4.69) is 22.4 Å². The number of carbonyl (C=O) groups is 1. The molecule has 1 amide bonds. The lowest BCUT2D eigenvalue weighted by molar-refractivity contribution is -0.132. The van der Waals surface area contributed by atoms with Crippen LogP contribution in [-0.4, -0.2) is 56.5 Å². The van der Waals surface area contributed by atoms with Crippen molar-refractivity contribution in [1.82, 2.24) is 25.1 Å². The van der Waals surface area contributed by atoms with E-state index in [4.69, 9.17) is 4.74 Å². The van der Waals surface area contributed by atoms with Crippen molar-refractivity contribution in [2.45, 2.75) is 50.7 Å². The van der Waals surface area contributed by atoms with Crippen LogP contribution in [-0.2, 0) is 4.79 Å². The molecule has 0 unspecified atom stereocenters. The first-order chi connectivity index (χ1) is 12.6. The summed E-state index contributed by atoms with van der Waals surface area (Å²) in [4.78, 5) is 14.7. The maximum absolute atomic E-state index is 12.7. The van der Waals surface area contributed by atoms with Gasteiger partial charge in [-0.15, -0.1) is 5.10 Å². The zero-order chi connectivity index (χ0) is 18.5. The molecular weight excluding hydrogens is 350 g/mol. The Bertz CT molecular complexity index is 764. The van der Waals surface area contributed by atoms with E-state index in [1.807, 2.05) is 30.0 Å². The summed E-state index contributed by atoms with van der Waals surface area (Å²) in [5.41, 5.74) is 1.86. The second-order valence-electron chi connectivity index (χ2n) is 6.48. The normalized spacial score (nSPS) is 17.3. The van der Waals surface area contributed by atoms with E-state index in [9.17, 15) is 4.79 Å². The molecule has 1 aromatic heterocycles. The molecule has 7 nitrogen and oxygen atoms in total. The number of aryl methyl sites for hydroxylation is 1. The fourth-order valence-corrected chi connectivity index (χ4v) is 4.12. The van der Waals surface area contributed by atoms with Gasteiger partial charge in [0.05, 0.1) is 12.9 Å². The van der Waals surface area contributed by atoms with E-state index in [-0.39, 0.29) is 5.91 Å². The lowest BCUT2D eigenvalue weighted by Gasteiger charge is -2.35. The Kier molecular flexibility index (Phi) is 6.13. The molecule has 2 aromatic rings. The summed E-state index contributed by atoms with van der Waals surface area (Å²) in [5.74, 6) is 1.19. The van der Waals surface area contributed by atoms with E-state index in [1.165, 1.54) is 18.2 Å². The fraction of sp³-hybridized carbons (Fsp3) is 0.556. The number of hydrogen-bond acceptors (Lipinski definition) is 6. The number of thioether (sulfide) groups is 1. The third-order valence-corrected chi connectivity index (χ3v) is 5.65. The van der Waals surface area contributed by atoms with Gasteiger partial charge in [0.1, 0.15) is 11.4 Å². The zero-order valence-corrected chi connectivity index (χ0v) is 16.3. The molecule has 2 heterocycles. The second-order valence-corrected chi connectivity index (χ2v) is 7.42. The van der Waals surface area contributed by atoms with Gasteiger partial charge in [-0.2, -0.15) is 4.68 Å². The van der Waals surface area contributed by atoms with Crippen molar-refractivity contribution in [3.63, 3.8) is 0 Å². The molecule has 140 valence electrons. The zero-order valence-electron chi connectivity index (χ0n) is 15.5. The largest absolute Gasteiger partial charge is 0.494 e. The first-order valence-electron chi connectivity index (χ1n) is 8.99. The molecule has 0 bridgehead atoms. The number of carbonyl (C=O) groups excluding carboxylic acids is 1. The highest BCUT2D eigenvalue weighted by Crippen LogP contribution is 2.28. The number of hydrogen-bond donors (Lipinski definition) is 0. The van der Waals surface area contributed by atoms with Gasteiger partial charge in [0.25, 0.3) is 0 Å². The topological polar surface area (TPSA) is 73.1 Å². The van der Waals surface area contributed by atoms with Crippen LogP contribution in [0, 0.1) is 6.92 Å². The summed E-state index contributed by atoms with van der Waals surface area (Å²) in [6.07, 6.45) is 4.41. The number of ether oxygens (including phenoxy) is 1. The lowest BCUT2D eigenvalue weighted by atomic mass is 10.0. The van der Waals surface area contributed by atoms with Crippen LogP contribution in [0.2, 0.25) is 0 Å². The molecule has 3 rings (SSSR count). The van der Waals surface area contributed by atoms with Crippen LogP contribution in [0.1, 0.15) is 38.2 Å². The molecule has 1 aromatic carbocycles. The van der Waals surface area contributed by atoms with Crippen LogP contribution < -0.4 is 4.74 Å². The number of benzene rings is 1. The first kappa shape index (κ1) is 18.7. The summed E-state index contributed by atoms with van der Waals surface area (Å²) < 4.78 is 7.06. The number of amides is 1. The molecule has 8 heteroatoms. The van der Waals surface area contributed by atoms with Crippen LogP contribution in [0.3, 0.4) is 0 Å². The highest BCUT2D eigenvalue weighted by molar-refractivity contribution is 7.99. The molecular formula is C18H25N5O2S. The molecule has 26 heavy (non-hydrogen) atoms. The maximum Gasteiger partial charge on any atom is 0.233 e. The number of tetrazole rings is 1. The van der Waals surface area contributed by atoms with Crippen molar-refractivity contribution in [3.05, 3.63) is 23.8 Å². The molecule has 1 aliphatic heterocycles. The minimum absolute atomic E-state index is 0.160. The molecule has 0 spiro atoms. The lowest BCUT2D eigenvalue weighted by Crippen LogP contribution is -2.44. The Hall–Kier alpha value is -2.09. The SMILES string of the molecule is CC[C@@H]1CCCCN1C(=O)CSc1nnnn1-c1cc(C)ccc1OC. The van der Waals surface area contributed by atoms with Gasteiger partial charge < -0.3 is 9.64 Å². The minimum Gasteiger partial charge on any atom is -0.494 e. The average molecular weight is 375 g/mol. The van der Waals surface area contributed by atoms with Gasteiger partial charge in [-0.05, 0) is 60.7 Å². The highest BCUT2D eigenvalue weighted by atomic mass is 32.2.